The molecule has 0 unspecified atom stereocenters. The van der Waals surface area contributed by atoms with Crippen LogP contribution in [0.3, 0.4) is 0 Å². The van der Waals surface area contributed by atoms with Crippen molar-refractivity contribution >= 4 is 39.0 Å². The van der Waals surface area contributed by atoms with E-state index in [1.165, 1.54) is 13.0 Å². The summed E-state index contributed by atoms with van der Waals surface area (Å²) in [6, 6.07) is 4.64. The molecule has 0 spiro atoms. The van der Waals surface area contributed by atoms with Gasteiger partial charge < -0.3 is 9.72 Å². The topological polar surface area (TPSA) is 76.2 Å². The van der Waals surface area contributed by atoms with E-state index < -0.39 is 24.2 Å². The molecule has 0 aliphatic rings. The number of fused-ring (bicyclic) bond motifs is 1. The van der Waals surface area contributed by atoms with E-state index in [4.69, 9.17) is 4.74 Å². The number of aromatic amines is 1. The number of Topliss-reactive ketones (excluding diaryl/α,β-unsaturated/α-hetero) is 2. The van der Waals surface area contributed by atoms with Crippen molar-refractivity contribution in [2.45, 2.75) is 27.7 Å². The van der Waals surface area contributed by atoms with Gasteiger partial charge in [0.05, 0.1) is 5.69 Å². The van der Waals surface area contributed by atoms with Crippen molar-refractivity contribution in [1.82, 2.24) is 4.98 Å². The van der Waals surface area contributed by atoms with Crippen LogP contribution in [0, 0.1) is 26.6 Å². The van der Waals surface area contributed by atoms with Crippen LogP contribution in [0.1, 0.15) is 54.3 Å². The maximum Gasteiger partial charge on any atom is 0.349 e. The normalized spacial score (nSPS) is 11.0. The number of nitrogens with one attached hydrogen (secondary N) is 1. The molecule has 3 aromatic rings. The summed E-state index contributed by atoms with van der Waals surface area (Å²) >= 11 is 1.13. The highest BCUT2D eigenvalue weighted by Gasteiger charge is 2.23. The number of halogens is 1. The molecule has 0 atom stereocenters. The minimum Gasteiger partial charge on any atom is -0.453 e. The fourth-order valence-corrected chi connectivity index (χ4v) is 4.39. The van der Waals surface area contributed by atoms with Gasteiger partial charge in [-0.25, -0.2) is 9.18 Å². The number of carbonyl (C=O) groups is 3. The second-order valence-electron chi connectivity index (χ2n) is 6.35. The van der Waals surface area contributed by atoms with E-state index in [1.807, 2.05) is 0 Å². The molecule has 3 rings (SSSR count). The van der Waals surface area contributed by atoms with Gasteiger partial charge in [-0.05, 0) is 51.0 Å². The first kappa shape index (κ1) is 19.0. The summed E-state index contributed by atoms with van der Waals surface area (Å²) in [4.78, 5) is 39.7. The number of benzene rings is 1. The summed E-state index contributed by atoms with van der Waals surface area (Å²) in [6.45, 7) is 6.00. The predicted molar refractivity (Wildman–Crippen MR) is 101 cm³/mol. The Morgan fingerprint density at radius 1 is 1.15 bits per heavy atom. The van der Waals surface area contributed by atoms with E-state index in [0.717, 1.165) is 11.3 Å². The standard InChI is InChI=1S/C20H18FNO4S/c1-9-16(12(4)23)11(3)22-18(9)14(24)8-26-20(25)19-10(2)17-13(21)6-5-7-15(17)27-19/h5-7,22H,8H2,1-4H3. The number of ether oxygens (including phenoxy) is 1. The monoisotopic (exact) mass is 387 g/mol. The number of hydrogen-bond acceptors (Lipinski definition) is 5. The lowest BCUT2D eigenvalue weighted by Crippen LogP contribution is -2.15. The molecule has 0 aliphatic heterocycles. The van der Waals surface area contributed by atoms with Gasteiger partial charge in [-0.2, -0.15) is 0 Å². The molecule has 1 N–H and O–H groups in total. The van der Waals surface area contributed by atoms with Gasteiger partial charge in [0, 0.05) is 21.3 Å². The first-order chi connectivity index (χ1) is 12.7. The quantitative estimate of drug-likeness (QED) is 0.515. The SMILES string of the molecule is CC(=O)c1c(C)[nH]c(C(=O)COC(=O)c2sc3cccc(F)c3c2C)c1C. The second kappa shape index (κ2) is 7.08. The van der Waals surface area contributed by atoms with E-state index >= 15 is 0 Å². The van der Waals surface area contributed by atoms with Gasteiger partial charge in [-0.3, -0.25) is 9.59 Å². The van der Waals surface area contributed by atoms with Gasteiger partial charge in [-0.1, -0.05) is 6.07 Å². The minimum atomic E-state index is -0.672. The molecule has 0 saturated carbocycles. The lowest BCUT2D eigenvalue weighted by molar-refractivity contribution is 0.0477. The Kier molecular flexibility index (Phi) is 4.97. The van der Waals surface area contributed by atoms with Crippen molar-refractivity contribution in [3.05, 3.63) is 57.0 Å². The number of thiophene rings is 1. The van der Waals surface area contributed by atoms with Crippen LogP contribution in [0.4, 0.5) is 4.39 Å². The van der Waals surface area contributed by atoms with Crippen LogP contribution < -0.4 is 0 Å². The lowest BCUT2D eigenvalue weighted by atomic mass is 10.1. The summed E-state index contributed by atoms with van der Waals surface area (Å²) in [7, 11) is 0. The molecule has 0 saturated heterocycles. The number of hydrogen-bond donors (Lipinski definition) is 1. The summed E-state index contributed by atoms with van der Waals surface area (Å²) in [5.41, 5.74) is 2.37. The smallest absolute Gasteiger partial charge is 0.349 e. The predicted octanol–water partition coefficient (Wildman–Crippen LogP) is 4.54. The first-order valence-electron chi connectivity index (χ1n) is 8.30. The van der Waals surface area contributed by atoms with Crippen molar-refractivity contribution in [2.24, 2.45) is 0 Å². The first-order valence-corrected chi connectivity index (χ1v) is 9.12. The Labute approximate surface area is 159 Å². The average Bonchev–Trinajstić information content (AvgIpc) is 3.10. The third-order valence-electron chi connectivity index (χ3n) is 4.49. The van der Waals surface area contributed by atoms with E-state index in [0.29, 0.717) is 32.5 Å². The second-order valence-corrected chi connectivity index (χ2v) is 7.40. The van der Waals surface area contributed by atoms with Crippen molar-refractivity contribution in [3.8, 4) is 0 Å². The van der Waals surface area contributed by atoms with Crippen LogP contribution in [0.25, 0.3) is 10.1 Å². The van der Waals surface area contributed by atoms with Gasteiger partial charge in [0.25, 0.3) is 0 Å². The van der Waals surface area contributed by atoms with Crippen LogP contribution in [0.2, 0.25) is 0 Å². The Morgan fingerprint density at radius 3 is 2.44 bits per heavy atom. The molecule has 2 aromatic heterocycles. The van der Waals surface area contributed by atoms with E-state index in [9.17, 15) is 18.8 Å². The highest BCUT2D eigenvalue weighted by atomic mass is 32.1. The van der Waals surface area contributed by atoms with Crippen LogP contribution in [-0.4, -0.2) is 29.1 Å². The number of aromatic nitrogens is 1. The Hall–Kier alpha value is -2.80. The average molecular weight is 387 g/mol. The fraction of sp³-hybridized carbons (Fsp3) is 0.250. The zero-order chi connectivity index (χ0) is 19.9. The summed E-state index contributed by atoms with van der Waals surface area (Å²) in [6.07, 6.45) is 0. The van der Waals surface area contributed by atoms with Crippen LogP contribution in [-0.2, 0) is 4.74 Å². The van der Waals surface area contributed by atoms with Crippen molar-refractivity contribution in [2.75, 3.05) is 6.61 Å². The molecule has 0 aliphatic carbocycles. The van der Waals surface area contributed by atoms with Gasteiger partial charge in [0.1, 0.15) is 10.7 Å². The number of rotatable bonds is 5. The van der Waals surface area contributed by atoms with Gasteiger partial charge in [-0.15, -0.1) is 11.3 Å². The molecule has 5 nitrogen and oxygen atoms in total. The zero-order valence-corrected chi connectivity index (χ0v) is 16.2. The molecule has 1 aromatic carbocycles. The van der Waals surface area contributed by atoms with Crippen LogP contribution >= 0.6 is 11.3 Å². The number of H-pyrrole nitrogens is 1. The van der Waals surface area contributed by atoms with Gasteiger partial charge in [0.15, 0.2) is 12.4 Å². The molecule has 0 bridgehead atoms. The molecular formula is C20H18FNO4S. The maximum atomic E-state index is 14.0. The molecule has 27 heavy (non-hydrogen) atoms. The Morgan fingerprint density at radius 2 is 1.85 bits per heavy atom. The molecule has 0 amide bonds. The highest BCUT2D eigenvalue weighted by Crippen LogP contribution is 2.33. The van der Waals surface area contributed by atoms with Gasteiger partial charge >= 0.3 is 5.97 Å². The summed E-state index contributed by atoms with van der Waals surface area (Å²) in [5.74, 6) is -1.64. The van der Waals surface area contributed by atoms with E-state index in [-0.39, 0.29) is 16.4 Å². The van der Waals surface area contributed by atoms with Gasteiger partial charge in [0.2, 0.25) is 5.78 Å². The third-order valence-corrected chi connectivity index (χ3v) is 5.73. The largest absolute Gasteiger partial charge is 0.453 e. The fourth-order valence-electron chi connectivity index (χ4n) is 3.27. The van der Waals surface area contributed by atoms with E-state index in [1.54, 1.807) is 32.9 Å². The number of esters is 1. The van der Waals surface area contributed by atoms with Crippen LogP contribution in [0.5, 0.6) is 0 Å². The van der Waals surface area contributed by atoms with Crippen LogP contribution in [0.15, 0.2) is 18.2 Å². The lowest BCUT2D eigenvalue weighted by Gasteiger charge is -2.04. The Bertz CT molecular complexity index is 1090. The number of aryl methyl sites for hydroxylation is 2. The molecule has 0 radical (unpaired) electrons. The molecule has 140 valence electrons. The maximum absolute atomic E-state index is 14.0. The molecule has 7 heteroatoms. The number of carbonyl (C=O) groups excluding carboxylic acids is 3. The molecular weight excluding hydrogens is 369 g/mol. The van der Waals surface area contributed by atoms with Crippen molar-refractivity contribution < 1.29 is 23.5 Å². The summed E-state index contributed by atoms with van der Waals surface area (Å²) in [5, 5.41) is 0.391. The van der Waals surface area contributed by atoms with Crippen molar-refractivity contribution in [1.29, 1.82) is 0 Å². The summed E-state index contributed by atoms with van der Waals surface area (Å²) < 4.78 is 19.8. The zero-order valence-electron chi connectivity index (χ0n) is 15.4. The number of ketones is 2. The minimum absolute atomic E-state index is 0.139. The Balaban J connectivity index is 1.80. The molecule has 2 heterocycles. The van der Waals surface area contributed by atoms with E-state index in [2.05, 4.69) is 4.98 Å². The molecule has 0 fully saturated rings. The van der Waals surface area contributed by atoms with Crippen molar-refractivity contribution in [3.63, 3.8) is 0 Å². The highest BCUT2D eigenvalue weighted by molar-refractivity contribution is 7.21. The third kappa shape index (κ3) is 3.30.